The summed E-state index contributed by atoms with van der Waals surface area (Å²) >= 11 is 0. The van der Waals surface area contributed by atoms with Gasteiger partial charge in [0.1, 0.15) is 41.5 Å². The highest BCUT2D eigenvalue weighted by Crippen LogP contribution is 2.51. The second-order valence-corrected chi connectivity index (χ2v) is 9.22. The first-order valence-corrected chi connectivity index (χ1v) is 12.4. The van der Waals surface area contributed by atoms with Crippen LogP contribution in [0.15, 0.2) is 60.7 Å². The minimum Gasteiger partial charge on any atom is -0.508 e. The van der Waals surface area contributed by atoms with Crippen LogP contribution in [0.5, 0.6) is 28.7 Å². The number of nitrogens with zero attached hydrogens (tertiary/aromatic N) is 1. The average Bonchev–Trinajstić information content (AvgIpc) is 3.08. The Morgan fingerprint density at radius 1 is 0.833 bits per heavy atom. The first-order valence-electron chi connectivity index (χ1n) is 12.4. The van der Waals surface area contributed by atoms with E-state index in [0.29, 0.717) is 31.1 Å². The lowest BCUT2D eigenvalue weighted by Gasteiger charge is -2.31. The van der Waals surface area contributed by atoms with E-state index in [-0.39, 0.29) is 11.5 Å². The zero-order valence-electron chi connectivity index (χ0n) is 20.0. The van der Waals surface area contributed by atoms with Crippen molar-refractivity contribution in [2.45, 2.75) is 12.5 Å². The molecule has 36 heavy (non-hydrogen) atoms. The second kappa shape index (κ2) is 9.76. The highest BCUT2D eigenvalue weighted by Gasteiger charge is 2.34. The van der Waals surface area contributed by atoms with Crippen LogP contribution in [-0.2, 0) is 4.74 Å². The Bertz CT molecular complexity index is 1280. The summed E-state index contributed by atoms with van der Waals surface area (Å²) in [5.41, 5.74) is 4.96. The summed E-state index contributed by atoms with van der Waals surface area (Å²) in [5.74, 6) is 2.42. The van der Waals surface area contributed by atoms with Gasteiger partial charge in [0.25, 0.3) is 0 Å². The van der Waals surface area contributed by atoms with E-state index in [0.717, 1.165) is 66.4 Å². The maximum Gasteiger partial charge on any atom is 0.150 e. The molecule has 3 aliphatic heterocycles. The van der Waals surface area contributed by atoms with Crippen molar-refractivity contribution in [1.29, 1.82) is 0 Å². The summed E-state index contributed by atoms with van der Waals surface area (Å²) in [4.78, 5) is 2.35. The van der Waals surface area contributed by atoms with E-state index in [2.05, 4.69) is 4.90 Å². The summed E-state index contributed by atoms with van der Waals surface area (Å²) in [6.07, 6.45) is 0.284. The van der Waals surface area contributed by atoms with E-state index in [9.17, 15) is 10.2 Å². The van der Waals surface area contributed by atoms with Gasteiger partial charge in [-0.1, -0.05) is 12.1 Å². The lowest BCUT2D eigenvalue weighted by Crippen LogP contribution is -2.38. The highest BCUT2D eigenvalue weighted by atomic mass is 16.5. The third kappa shape index (κ3) is 4.47. The summed E-state index contributed by atoms with van der Waals surface area (Å²) in [7, 11) is 0. The molecule has 3 aliphatic rings. The Morgan fingerprint density at radius 3 is 2.33 bits per heavy atom. The van der Waals surface area contributed by atoms with Gasteiger partial charge in [0.05, 0.1) is 19.8 Å². The van der Waals surface area contributed by atoms with E-state index in [1.807, 2.05) is 36.4 Å². The number of ether oxygens (including phenoxy) is 4. The van der Waals surface area contributed by atoms with Gasteiger partial charge >= 0.3 is 0 Å². The van der Waals surface area contributed by atoms with E-state index in [1.54, 1.807) is 24.3 Å². The van der Waals surface area contributed by atoms with E-state index >= 15 is 0 Å². The molecule has 0 bridgehead atoms. The average molecular weight is 488 g/mol. The molecule has 2 N–H and O–H groups in total. The summed E-state index contributed by atoms with van der Waals surface area (Å²) in [5, 5.41) is 20.2. The minimum atomic E-state index is -0.401. The van der Waals surface area contributed by atoms with Crippen molar-refractivity contribution < 1.29 is 29.2 Å². The molecule has 1 atom stereocenters. The fourth-order valence-corrected chi connectivity index (χ4v) is 5.13. The Morgan fingerprint density at radius 2 is 1.56 bits per heavy atom. The van der Waals surface area contributed by atoms with Crippen molar-refractivity contribution in [3.05, 3.63) is 77.4 Å². The van der Waals surface area contributed by atoms with Crippen molar-refractivity contribution in [3.8, 4) is 28.7 Å². The molecule has 3 aromatic carbocycles. The predicted molar refractivity (Wildman–Crippen MR) is 136 cm³/mol. The number of rotatable bonds is 5. The van der Waals surface area contributed by atoms with E-state index in [4.69, 9.17) is 18.9 Å². The number of morpholine rings is 1. The van der Waals surface area contributed by atoms with Crippen molar-refractivity contribution in [2.24, 2.45) is 0 Å². The molecule has 1 saturated heterocycles. The molecular formula is C29H29NO6. The van der Waals surface area contributed by atoms with Crippen LogP contribution in [0.1, 0.15) is 29.2 Å². The molecule has 6 rings (SSSR count). The van der Waals surface area contributed by atoms with Gasteiger partial charge in [0.15, 0.2) is 0 Å². The second-order valence-electron chi connectivity index (χ2n) is 9.22. The van der Waals surface area contributed by atoms with Crippen LogP contribution in [0.3, 0.4) is 0 Å². The normalized spacial score (nSPS) is 19.3. The lowest BCUT2D eigenvalue weighted by molar-refractivity contribution is 0.0322. The molecule has 3 heterocycles. The molecule has 186 valence electrons. The van der Waals surface area contributed by atoms with Crippen molar-refractivity contribution in [3.63, 3.8) is 0 Å². The number of fused-ring (bicyclic) bond motifs is 4. The molecule has 1 fully saturated rings. The quantitative estimate of drug-likeness (QED) is 0.543. The van der Waals surface area contributed by atoms with Crippen LogP contribution in [0.25, 0.3) is 11.1 Å². The van der Waals surface area contributed by atoms with Crippen molar-refractivity contribution >= 4 is 11.1 Å². The summed E-state index contributed by atoms with van der Waals surface area (Å²) < 4.78 is 23.9. The van der Waals surface area contributed by atoms with Gasteiger partial charge < -0.3 is 29.2 Å². The summed E-state index contributed by atoms with van der Waals surface area (Å²) in [6, 6.07) is 18.5. The van der Waals surface area contributed by atoms with Gasteiger partial charge in [-0.25, -0.2) is 0 Å². The van der Waals surface area contributed by atoms with Crippen LogP contribution in [0.2, 0.25) is 0 Å². The smallest absolute Gasteiger partial charge is 0.150 e. The van der Waals surface area contributed by atoms with Crippen LogP contribution in [0.4, 0.5) is 0 Å². The SMILES string of the molecule is Oc1ccc2c(c1)O[C@@H](c1ccc(OCCN3CCOCC3)cc1)C1=C2CCOc2cc(O)ccc21. The third-order valence-electron chi connectivity index (χ3n) is 6.95. The molecule has 7 nitrogen and oxygen atoms in total. The molecular weight excluding hydrogens is 458 g/mol. The maximum absolute atomic E-state index is 10.1. The number of aromatic hydroxyl groups is 2. The zero-order valence-corrected chi connectivity index (χ0v) is 20.0. The van der Waals surface area contributed by atoms with E-state index in [1.165, 1.54) is 0 Å². The van der Waals surface area contributed by atoms with Gasteiger partial charge in [-0.15, -0.1) is 0 Å². The number of hydrogen-bond acceptors (Lipinski definition) is 7. The number of hydrogen-bond donors (Lipinski definition) is 2. The van der Waals surface area contributed by atoms with Crippen molar-refractivity contribution in [2.75, 3.05) is 46.1 Å². The van der Waals surface area contributed by atoms with Gasteiger partial charge in [-0.3, -0.25) is 4.90 Å². The largest absolute Gasteiger partial charge is 0.508 e. The van der Waals surface area contributed by atoms with Crippen molar-refractivity contribution in [1.82, 2.24) is 4.90 Å². The van der Waals surface area contributed by atoms with Crippen LogP contribution < -0.4 is 14.2 Å². The molecule has 0 spiro atoms. The molecule has 0 saturated carbocycles. The molecule has 3 aromatic rings. The topological polar surface area (TPSA) is 80.6 Å². The lowest BCUT2D eigenvalue weighted by atomic mass is 9.84. The fourth-order valence-electron chi connectivity index (χ4n) is 5.13. The van der Waals surface area contributed by atoms with Crippen LogP contribution in [0, 0.1) is 0 Å². The fraction of sp³-hybridized carbons (Fsp3) is 0.310. The Hall–Kier alpha value is -3.68. The molecule has 0 aliphatic carbocycles. The number of phenolic OH excluding ortho intramolecular Hbond substituents is 2. The monoisotopic (exact) mass is 487 g/mol. The molecule has 0 unspecified atom stereocenters. The molecule has 0 amide bonds. The van der Waals surface area contributed by atoms with Gasteiger partial charge in [0.2, 0.25) is 0 Å². The van der Waals surface area contributed by atoms with Gasteiger partial charge in [-0.2, -0.15) is 0 Å². The summed E-state index contributed by atoms with van der Waals surface area (Å²) in [6.45, 7) is 5.42. The van der Waals surface area contributed by atoms with E-state index < -0.39 is 6.10 Å². The number of benzene rings is 3. The maximum atomic E-state index is 10.1. The minimum absolute atomic E-state index is 0.162. The van der Waals surface area contributed by atoms with Gasteiger partial charge in [0, 0.05) is 54.9 Å². The van der Waals surface area contributed by atoms with Gasteiger partial charge in [-0.05, 0) is 47.5 Å². The predicted octanol–water partition coefficient (Wildman–Crippen LogP) is 4.64. The van der Waals surface area contributed by atoms with Crippen LogP contribution >= 0.6 is 0 Å². The Balaban J connectivity index is 1.31. The molecule has 0 radical (unpaired) electrons. The first kappa shape index (κ1) is 22.8. The Labute approximate surface area is 210 Å². The third-order valence-corrected chi connectivity index (χ3v) is 6.95. The standard InChI is InChI=1S/C29H29NO6/c31-20-4-8-25-26(17-20)35-13-9-24-23-7-3-21(32)18-27(23)36-29(28(24)25)19-1-5-22(6-2-19)34-16-12-30-10-14-33-15-11-30/h1-8,17-18,29,31-32H,9-16H2/t29-/m0/s1. The molecule has 7 heteroatoms. The zero-order chi connectivity index (χ0) is 24.5. The highest BCUT2D eigenvalue weighted by molar-refractivity contribution is 5.98. The molecule has 0 aromatic heterocycles. The Kier molecular flexibility index (Phi) is 6.17. The van der Waals surface area contributed by atoms with Crippen LogP contribution in [-0.4, -0.2) is 61.2 Å². The number of phenols is 2. The first-order chi connectivity index (χ1) is 17.7.